The van der Waals surface area contributed by atoms with Gasteiger partial charge in [-0.05, 0) is 43.7 Å². The minimum absolute atomic E-state index is 0.0327. The standard InChI is InChI=1S/C15H14FNO4/c1-9-7-12(17(19)20)4-6-14(9)21-15-5-3-11(16)8-13(15)10(2)18/h3-8,10,18H,1-2H3/t10-/m1/s1. The molecule has 0 aliphatic rings. The third-order valence-electron chi connectivity index (χ3n) is 3.01. The van der Waals surface area contributed by atoms with E-state index in [2.05, 4.69) is 0 Å². The van der Waals surface area contributed by atoms with Gasteiger partial charge in [-0.1, -0.05) is 0 Å². The molecule has 21 heavy (non-hydrogen) atoms. The van der Waals surface area contributed by atoms with E-state index in [1.807, 2.05) is 0 Å². The molecule has 0 unspecified atom stereocenters. The van der Waals surface area contributed by atoms with Crippen LogP contribution in [0.5, 0.6) is 11.5 Å². The first-order valence-electron chi connectivity index (χ1n) is 6.29. The van der Waals surface area contributed by atoms with Crippen LogP contribution in [0.2, 0.25) is 0 Å². The summed E-state index contributed by atoms with van der Waals surface area (Å²) in [6, 6.07) is 8.03. The molecule has 0 saturated heterocycles. The normalized spacial score (nSPS) is 12.0. The summed E-state index contributed by atoms with van der Waals surface area (Å²) in [5.41, 5.74) is 0.854. The van der Waals surface area contributed by atoms with Crippen LogP contribution in [0.4, 0.5) is 10.1 Å². The largest absolute Gasteiger partial charge is 0.457 e. The summed E-state index contributed by atoms with van der Waals surface area (Å²) >= 11 is 0. The van der Waals surface area contributed by atoms with Crippen LogP contribution in [0.25, 0.3) is 0 Å². The summed E-state index contributed by atoms with van der Waals surface area (Å²) in [5.74, 6) is 0.246. The van der Waals surface area contributed by atoms with E-state index >= 15 is 0 Å². The molecule has 2 aromatic rings. The molecule has 1 atom stereocenters. The van der Waals surface area contributed by atoms with Gasteiger partial charge in [-0.2, -0.15) is 0 Å². The highest BCUT2D eigenvalue weighted by atomic mass is 19.1. The van der Waals surface area contributed by atoms with Gasteiger partial charge in [0.15, 0.2) is 0 Å². The fourth-order valence-corrected chi connectivity index (χ4v) is 1.92. The fraction of sp³-hybridized carbons (Fsp3) is 0.200. The van der Waals surface area contributed by atoms with Gasteiger partial charge in [-0.3, -0.25) is 10.1 Å². The number of hydrogen-bond donors (Lipinski definition) is 1. The van der Waals surface area contributed by atoms with Crippen LogP contribution in [0.3, 0.4) is 0 Å². The van der Waals surface area contributed by atoms with Gasteiger partial charge in [-0.15, -0.1) is 0 Å². The molecular formula is C15H14FNO4. The molecule has 1 N–H and O–H groups in total. The Morgan fingerprint density at radius 3 is 2.48 bits per heavy atom. The minimum Gasteiger partial charge on any atom is -0.457 e. The average Bonchev–Trinajstić information content (AvgIpc) is 2.42. The molecule has 0 fully saturated rings. The lowest BCUT2D eigenvalue weighted by atomic mass is 10.1. The van der Waals surface area contributed by atoms with Crippen LogP contribution in [-0.2, 0) is 0 Å². The number of benzene rings is 2. The van der Waals surface area contributed by atoms with Crippen molar-refractivity contribution in [3.63, 3.8) is 0 Å². The molecule has 5 nitrogen and oxygen atoms in total. The number of non-ortho nitro benzene ring substituents is 1. The Labute approximate surface area is 120 Å². The monoisotopic (exact) mass is 291 g/mol. The Kier molecular flexibility index (Phi) is 4.18. The number of aliphatic hydroxyl groups is 1. The number of nitro groups is 1. The molecular weight excluding hydrogens is 277 g/mol. The summed E-state index contributed by atoms with van der Waals surface area (Å²) in [6.07, 6.45) is -0.894. The van der Waals surface area contributed by atoms with Crippen molar-refractivity contribution in [2.45, 2.75) is 20.0 Å². The van der Waals surface area contributed by atoms with Gasteiger partial charge in [-0.25, -0.2) is 4.39 Å². The number of nitro benzene ring substituents is 1. The Hall–Kier alpha value is -2.47. The number of aryl methyl sites for hydroxylation is 1. The maximum absolute atomic E-state index is 13.2. The number of hydrogen-bond acceptors (Lipinski definition) is 4. The van der Waals surface area contributed by atoms with Gasteiger partial charge in [0.05, 0.1) is 11.0 Å². The third-order valence-corrected chi connectivity index (χ3v) is 3.01. The Balaban J connectivity index is 2.36. The molecule has 0 spiro atoms. The first kappa shape index (κ1) is 14.9. The molecule has 0 aromatic heterocycles. The fourth-order valence-electron chi connectivity index (χ4n) is 1.92. The van der Waals surface area contributed by atoms with Crippen LogP contribution >= 0.6 is 0 Å². The van der Waals surface area contributed by atoms with E-state index in [0.717, 1.165) is 0 Å². The molecule has 0 aliphatic heterocycles. The highest BCUT2D eigenvalue weighted by Crippen LogP contribution is 2.33. The molecule has 0 aliphatic carbocycles. The lowest BCUT2D eigenvalue weighted by Gasteiger charge is -2.14. The average molecular weight is 291 g/mol. The van der Waals surface area contributed by atoms with E-state index in [4.69, 9.17) is 4.74 Å². The van der Waals surface area contributed by atoms with Crippen molar-refractivity contribution in [1.82, 2.24) is 0 Å². The zero-order valence-electron chi connectivity index (χ0n) is 11.5. The second kappa shape index (κ2) is 5.88. The summed E-state index contributed by atoms with van der Waals surface area (Å²) in [4.78, 5) is 10.2. The van der Waals surface area contributed by atoms with Gasteiger partial charge >= 0.3 is 0 Å². The first-order chi connectivity index (χ1) is 9.88. The molecule has 0 heterocycles. The lowest BCUT2D eigenvalue weighted by molar-refractivity contribution is -0.384. The first-order valence-corrected chi connectivity index (χ1v) is 6.29. The van der Waals surface area contributed by atoms with E-state index in [0.29, 0.717) is 22.6 Å². The molecule has 2 aromatic carbocycles. The van der Waals surface area contributed by atoms with Crippen molar-refractivity contribution in [3.8, 4) is 11.5 Å². The summed E-state index contributed by atoms with van der Waals surface area (Å²) in [5, 5.41) is 20.4. The van der Waals surface area contributed by atoms with Crippen molar-refractivity contribution in [2.75, 3.05) is 0 Å². The Morgan fingerprint density at radius 1 is 1.24 bits per heavy atom. The van der Waals surface area contributed by atoms with Crippen molar-refractivity contribution < 1.29 is 19.2 Å². The zero-order chi connectivity index (χ0) is 15.6. The molecule has 0 radical (unpaired) electrons. The molecule has 6 heteroatoms. The van der Waals surface area contributed by atoms with Gasteiger partial charge in [0.2, 0.25) is 0 Å². The topological polar surface area (TPSA) is 72.6 Å². The number of rotatable bonds is 4. The molecule has 0 amide bonds. The number of halogens is 1. The smallest absolute Gasteiger partial charge is 0.269 e. The minimum atomic E-state index is -0.894. The molecule has 0 bridgehead atoms. The van der Waals surface area contributed by atoms with Crippen LogP contribution in [0.15, 0.2) is 36.4 Å². The van der Waals surface area contributed by atoms with E-state index in [-0.39, 0.29) is 5.69 Å². The highest BCUT2D eigenvalue weighted by Gasteiger charge is 2.14. The third kappa shape index (κ3) is 3.35. The van der Waals surface area contributed by atoms with Crippen molar-refractivity contribution >= 4 is 5.69 Å². The predicted molar refractivity (Wildman–Crippen MR) is 74.9 cm³/mol. The van der Waals surface area contributed by atoms with Crippen LogP contribution in [0, 0.1) is 22.9 Å². The van der Waals surface area contributed by atoms with Gasteiger partial charge in [0.25, 0.3) is 5.69 Å². The van der Waals surface area contributed by atoms with E-state index in [9.17, 15) is 19.6 Å². The van der Waals surface area contributed by atoms with Crippen LogP contribution in [0.1, 0.15) is 24.2 Å². The van der Waals surface area contributed by atoms with Crippen molar-refractivity contribution in [2.24, 2.45) is 0 Å². The van der Waals surface area contributed by atoms with Crippen molar-refractivity contribution in [3.05, 3.63) is 63.5 Å². The molecule has 110 valence electrons. The van der Waals surface area contributed by atoms with E-state index in [1.165, 1.54) is 43.3 Å². The lowest BCUT2D eigenvalue weighted by Crippen LogP contribution is -1.98. The predicted octanol–water partition coefficient (Wildman–Crippen LogP) is 3.89. The quantitative estimate of drug-likeness (QED) is 0.685. The second-order valence-electron chi connectivity index (χ2n) is 4.67. The van der Waals surface area contributed by atoms with Gasteiger partial charge in [0, 0.05) is 17.7 Å². The van der Waals surface area contributed by atoms with Crippen LogP contribution in [-0.4, -0.2) is 10.0 Å². The number of aliphatic hydroxyl groups excluding tert-OH is 1. The van der Waals surface area contributed by atoms with E-state index < -0.39 is 16.8 Å². The maximum Gasteiger partial charge on any atom is 0.269 e. The number of nitrogens with zero attached hydrogens (tertiary/aromatic N) is 1. The second-order valence-corrected chi connectivity index (χ2v) is 4.67. The number of ether oxygens (including phenoxy) is 1. The van der Waals surface area contributed by atoms with Gasteiger partial charge < -0.3 is 9.84 Å². The van der Waals surface area contributed by atoms with Crippen LogP contribution < -0.4 is 4.74 Å². The Bertz CT molecular complexity index is 685. The van der Waals surface area contributed by atoms with Crippen molar-refractivity contribution in [1.29, 1.82) is 0 Å². The van der Waals surface area contributed by atoms with Gasteiger partial charge in [0.1, 0.15) is 17.3 Å². The summed E-state index contributed by atoms with van der Waals surface area (Å²) in [7, 11) is 0. The zero-order valence-corrected chi connectivity index (χ0v) is 11.5. The van der Waals surface area contributed by atoms with E-state index in [1.54, 1.807) is 6.92 Å². The maximum atomic E-state index is 13.2. The summed E-state index contributed by atoms with van der Waals surface area (Å²) < 4.78 is 18.9. The Morgan fingerprint density at radius 2 is 1.90 bits per heavy atom. The molecule has 2 rings (SSSR count). The SMILES string of the molecule is Cc1cc([N+](=O)[O-])ccc1Oc1ccc(F)cc1[C@@H](C)O. The highest BCUT2D eigenvalue weighted by molar-refractivity contribution is 5.46. The summed E-state index contributed by atoms with van der Waals surface area (Å²) in [6.45, 7) is 3.18. The molecule has 0 saturated carbocycles.